The first-order valence-corrected chi connectivity index (χ1v) is 15.8. The Morgan fingerprint density at radius 3 is 1.49 bits per heavy atom. The summed E-state index contributed by atoms with van der Waals surface area (Å²) < 4.78 is 29.7. The molecule has 0 aliphatic carbocycles. The predicted octanol–water partition coefficient (Wildman–Crippen LogP) is 5.68. The molecule has 0 amide bonds. The first kappa shape index (κ1) is 26.4. The lowest BCUT2D eigenvalue weighted by atomic mass is 10.2. The highest BCUT2D eigenvalue weighted by atomic mass is 32.2. The average molecular weight is 552 g/mol. The van der Waals surface area contributed by atoms with Gasteiger partial charge in [-0.2, -0.15) is 0 Å². The highest BCUT2D eigenvalue weighted by Crippen LogP contribution is 2.49. The van der Waals surface area contributed by atoms with E-state index >= 15 is 0 Å². The van der Waals surface area contributed by atoms with Crippen molar-refractivity contribution in [1.82, 2.24) is 0 Å². The van der Waals surface area contributed by atoms with Crippen LogP contribution in [0.2, 0.25) is 0 Å². The number of nitrogens with zero attached hydrogens (tertiary/aromatic N) is 1. The number of nitro groups is 1. The second kappa shape index (κ2) is 11.2. The fourth-order valence-corrected chi connectivity index (χ4v) is 13.0. The largest absolute Gasteiger partial charge is 0.270 e. The monoisotopic (exact) mass is 551 g/mol. The molecule has 0 bridgehead atoms. The fourth-order valence-electron chi connectivity index (χ4n) is 4.95. The Kier molecular flexibility index (Phi) is 7.60. The standard InChI is InChI=1S/C32H26NO4PS/c34-33(35)28-17-13-16-27(24-28)32(39(36,37)25-26-14-5-1-6-15-26)38(29-18-7-2-8-19-29,30-20-9-3-10-21-30)31-22-11-4-12-23-31/h1-24H,25H2. The van der Waals surface area contributed by atoms with Crippen LogP contribution in [-0.4, -0.2) is 18.0 Å². The highest BCUT2D eigenvalue weighted by Gasteiger charge is 2.37. The van der Waals surface area contributed by atoms with Crippen molar-refractivity contribution < 1.29 is 13.3 Å². The molecule has 7 heteroatoms. The molecule has 5 aromatic carbocycles. The van der Waals surface area contributed by atoms with E-state index in [4.69, 9.17) is 0 Å². The van der Waals surface area contributed by atoms with Gasteiger partial charge in [0.25, 0.3) is 5.69 Å². The molecular weight excluding hydrogens is 525 g/mol. The van der Waals surface area contributed by atoms with Gasteiger partial charge < -0.3 is 0 Å². The molecule has 0 fully saturated rings. The number of sulfone groups is 1. The molecule has 0 saturated carbocycles. The van der Waals surface area contributed by atoms with Crippen molar-refractivity contribution >= 4 is 42.9 Å². The van der Waals surface area contributed by atoms with Crippen LogP contribution in [0.25, 0.3) is 0 Å². The molecule has 0 unspecified atom stereocenters. The predicted molar refractivity (Wildman–Crippen MR) is 161 cm³/mol. The van der Waals surface area contributed by atoms with Gasteiger partial charge in [0, 0.05) is 17.7 Å². The Morgan fingerprint density at radius 2 is 1.05 bits per heavy atom. The number of non-ortho nitro benzene ring substituents is 1. The van der Waals surface area contributed by atoms with Crippen LogP contribution in [-0.2, 0) is 15.6 Å². The van der Waals surface area contributed by atoms with E-state index in [9.17, 15) is 18.5 Å². The molecule has 39 heavy (non-hydrogen) atoms. The van der Waals surface area contributed by atoms with Crippen molar-refractivity contribution in [3.8, 4) is 0 Å². The lowest BCUT2D eigenvalue weighted by Gasteiger charge is -2.33. The van der Waals surface area contributed by atoms with Gasteiger partial charge in [0.05, 0.1) is 15.3 Å². The molecule has 0 N–H and O–H groups in total. The van der Waals surface area contributed by atoms with Crippen molar-refractivity contribution in [3.05, 3.63) is 167 Å². The van der Waals surface area contributed by atoms with E-state index in [1.807, 2.05) is 109 Å². The van der Waals surface area contributed by atoms with Crippen LogP contribution in [0.1, 0.15) is 11.1 Å². The highest BCUT2D eigenvalue weighted by molar-refractivity contribution is 8.20. The first-order valence-electron chi connectivity index (χ1n) is 12.4. The van der Waals surface area contributed by atoms with Crippen LogP contribution < -0.4 is 15.9 Å². The van der Waals surface area contributed by atoms with E-state index in [0.717, 1.165) is 15.9 Å². The molecule has 5 nitrogen and oxygen atoms in total. The van der Waals surface area contributed by atoms with E-state index in [2.05, 4.69) is 0 Å². The molecule has 0 radical (unpaired) electrons. The molecule has 0 aliphatic heterocycles. The summed E-state index contributed by atoms with van der Waals surface area (Å²) in [5, 5.41) is 14.4. The first-order chi connectivity index (χ1) is 18.9. The lowest BCUT2D eigenvalue weighted by molar-refractivity contribution is -0.384. The number of hydrogen-bond acceptors (Lipinski definition) is 4. The van der Waals surface area contributed by atoms with Crippen LogP contribution in [0.5, 0.6) is 0 Å². The molecule has 0 saturated heterocycles. The van der Waals surface area contributed by atoms with Crippen LogP contribution in [0.3, 0.4) is 0 Å². The molecular formula is C32H26NO4PS. The van der Waals surface area contributed by atoms with Crippen molar-refractivity contribution in [3.63, 3.8) is 0 Å². The lowest BCUT2D eigenvalue weighted by Crippen LogP contribution is -2.34. The molecule has 5 rings (SSSR count). The van der Waals surface area contributed by atoms with Crippen LogP contribution >= 0.6 is 6.89 Å². The summed E-state index contributed by atoms with van der Waals surface area (Å²) in [5.41, 5.74) is 0.810. The Morgan fingerprint density at radius 1 is 0.615 bits per heavy atom. The summed E-state index contributed by atoms with van der Waals surface area (Å²) >= 11 is 0. The van der Waals surface area contributed by atoms with Crippen LogP contribution in [0.4, 0.5) is 5.69 Å². The van der Waals surface area contributed by atoms with E-state index < -0.39 is 21.6 Å². The van der Waals surface area contributed by atoms with E-state index in [-0.39, 0.29) is 16.1 Å². The van der Waals surface area contributed by atoms with E-state index in [1.54, 1.807) is 24.3 Å². The number of hydrogen-bond donors (Lipinski definition) is 0. The topological polar surface area (TPSA) is 77.3 Å². The maximum Gasteiger partial charge on any atom is 0.270 e. The Hall–Kier alpha value is -4.25. The molecule has 0 aromatic heterocycles. The Bertz CT molecular complexity index is 1650. The molecule has 194 valence electrons. The van der Waals surface area contributed by atoms with Gasteiger partial charge in [-0.1, -0.05) is 133 Å². The second-order valence-electron chi connectivity index (χ2n) is 9.03. The summed E-state index contributed by atoms with van der Waals surface area (Å²) in [4.78, 5) is 11.3. The zero-order chi connectivity index (χ0) is 27.3. The molecule has 0 spiro atoms. The average Bonchev–Trinajstić information content (AvgIpc) is 2.97. The van der Waals surface area contributed by atoms with Crippen molar-refractivity contribution in [2.24, 2.45) is 0 Å². The summed E-state index contributed by atoms with van der Waals surface area (Å²) in [5.74, 6) is -0.236. The van der Waals surface area contributed by atoms with Gasteiger partial charge in [-0.15, -0.1) is 0 Å². The van der Waals surface area contributed by atoms with Gasteiger partial charge in [0.2, 0.25) is 0 Å². The normalized spacial score (nSPS) is 11.6. The smallest absolute Gasteiger partial charge is 0.258 e. The third-order valence-corrected chi connectivity index (χ3v) is 13.8. The Balaban J connectivity index is 2.05. The Labute approximate surface area is 228 Å². The molecule has 0 atom stereocenters. The SMILES string of the molecule is O=[N+]([O-])c1cccc(C(=P(c2ccccc2)(c2ccccc2)c2ccccc2)S(=O)(=O)Cc2ccccc2)c1. The molecule has 5 aromatic rings. The third kappa shape index (κ3) is 5.22. The van der Waals surface area contributed by atoms with Gasteiger partial charge in [-0.3, -0.25) is 10.1 Å². The third-order valence-electron chi connectivity index (χ3n) is 6.53. The van der Waals surface area contributed by atoms with E-state index in [1.165, 1.54) is 12.1 Å². The van der Waals surface area contributed by atoms with Crippen molar-refractivity contribution in [2.45, 2.75) is 5.75 Å². The van der Waals surface area contributed by atoms with Gasteiger partial charge in [0.1, 0.15) is 0 Å². The minimum absolute atomic E-state index is 0.160. The molecule has 0 heterocycles. The number of benzene rings is 5. The van der Waals surface area contributed by atoms with Gasteiger partial charge >= 0.3 is 0 Å². The van der Waals surface area contributed by atoms with Crippen LogP contribution in [0.15, 0.2) is 146 Å². The van der Waals surface area contributed by atoms with E-state index in [0.29, 0.717) is 11.1 Å². The maximum absolute atomic E-state index is 14.8. The zero-order valence-electron chi connectivity index (χ0n) is 21.0. The minimum Gasteiger partial charge on any atom is -0.258 e. The van der Waals surface area contributed by atoms with Gasteiger partial charge in [0.15, 0.2) is 9.84 Å². The van der Waals surface area contributed by atoms with Crippen molar-refractivity contribution in [1.29, 1.82) is 0 Å². The summed E-state index contributed by atoms with van der Waals surface area (Å²) in [7, 11) is -4.03. The van der Waals surface area contributed by atoms with Gasteiger partial charge in [-0.05, 0) is 28.4 Å². The fraction of sp³-hybridized carbons (Fsp3) is 0.0312. The number of rotatable bonds is 8. The summed E-state index contributed by atoms with van der Waals surface area (Å²) in [6.45, 7) is -3.09. The zero-order valence-corrected chi connectivity index (χ0v) is 22.7. The number of nitro benzene ring substituents is 1. The molecule has 0 aliphatic rings. The van der Waals surface area contributed by atoms with Gasteiger partial charge in [-0.25, -0.2) is 8.42 Å². The second-order valence-corrected chi connectivity index (χ2v) is 14.6. The quantitative estimate of drug-likeness (QED) is 0.141. The van der Waals surface area contributed by atoms with Crippen molar-refractivity contribution in [2.75, 3.05) is 0 Å². The maximum atomic E-state index is 14.8. The minimum atomic E-state index is -4.03. The van der Waals surface area contributed by atoms with Crippen LogP contribution in [0, 0.1) is 10.1 Å². The summed E-state index contributed by atoms with van der Waals surface area (Å²) in [6, 6.07) is 44.0. The summed E-state index contributed by atoms with van der Waals surface area (Å²) in [6.07, 6.45) is 0.